The van der Waals surface area contributed by atoms with Gasteiger partial charge in [-0.1, -0.05) is 17.7 Å². The van der Waals surface area contributed by atoms with E-state index >= 15 is 0 Å². The van der Waals surface area contributed by atoms with Crippen LogP contribution >= 0.6 is 11.6 Å². The molecule has 8 nitrogen and oxygen atoms in total. The monoisotopic (exact) mass is 546 g/mol. The van der Waals surface area contributed by atoms with Gasteiger partial charge in [0, 0.05) is 56.7 Å². The number of hydrogen-bond donors (Lipinski definition) is 1. The van der Waals surface area contributed by atoms with E-state index in [4.69, 9.17) is 16.3 Å². The van der Waals surface area contributed by atoms with Crippen molar-refractivity contribution >= 4 is 29.0 Å². The summed E-state index contributed by atoms with van der Waals surface area (Å²) in [7, 11) is 2.00. The van der Waals surface area contributed by atoms with Crippen molar-refractivity contribution in [1.29, 1.82) is 0 Å². The second-order valence-electron chi connectivity index (χ2n) is 9.35. The zero-order valence-electron chi connectivity index (χ0n) is 20.6. The zero-order chi connectivity index (χ0) is 26.9. The van der Waals surface area contributed by atoms with Crippen molar-refractivity contribution in [2.75, 3.05) is 50.0 Å². The Kier molecular flexibility index (Phi) is 7.42. The molecule has 2 aromatic carbocycles. The second-order valence-corrected chi connectivity index (χ2v) is 9.74. The number of hydrogen-bond acceptors (Lipinski definition) is 6. The number of ether oxygens (including phenoxy) is 1. The number of anilines is 2. The minimum Gasteiger partial charge on any atom is -0.439 e. The van der Waals surface area contributed by atoms with Gasteiger partial charge in [-0.25, -0.2) is 14.8 Å². The number of nitrogens with one attached hydrogen (secondary N) is 1. The second kappa shape index (κ2) is 10.8. The first-order valence-electron chi connectivity index (χ1n) is 12.1. The van der Waals surface area contributed by atoms with Crippen molar-refractivity contribution in [3.05, 3.63) is 70.6 Å². The fourth-order valence-electron chi connectivity index (χ4n) is 4.64. The van der Waals surface area contributed by atoms with Crippen LogP contribution in [0.25, 0.3) is 0 Å². The fourth-order valence-corrected chi connectivity index (χ4v) is 4.78. The van der Waals surface area contributed by atoms with E-state index in [1.54, 1.807) is 18.2 Å². The summed E-state index contributed by atoms with van der Waals surface area (Å²) >= 11 is 5.87. The number of halogens is 4. The molecule has 38 heavy (non-hydrogen) atoms. The van der Waals surface area contributed by atoms with Gasteiger partial charge in [0.1, 0.15) is 17.2 Å². The number of carbonyl (C=O) groups is 1. The highest BCUT2D eigenvalue weighted by Gasteiger charge is 2.34. The SMILES string of the molecule is CN1CCN(Cc2ccc(NC(=O)N3CCc4cc(Oc5cc(Cl)ncn5)ccc43)cc2C(F)(F)F)CC1. The lowest BCUT2D eigenvalue weighted by Gasteiger charge is -2.33. The summed E-state index contributed by atoms with van der Waals surface area (Å²) in [6.07, 6.45) is -2.67. The first kappa shape index (κ1) is 26.2. The highest BCUT2D eigenvalue weighted by molar-refractivity contribution is 6.29. The van der Waals surface area contributed by atoms with E-state index in [-0.39, 0.29) is 28.8 Å². The van der Waals surface area contributed by atoms with Gasteiger partial charge >= 0.3 is 12.2 Å². The Morgan fingerprint density at radius 3 is 2.58 bits per heavy atom. The number of carbonyl (C=O) groups excluding carboxylic acids is 1. The summed E-state index contributed by atoms with van der Waals surface area (Å²) in [5, 5.41) is 2.89. The van der Waals surface area contributed by atoms with Gasteiger partial charge in [0.05, 0.1) is 5.56 Å². The van der Waals surface area contributed by atoms with Gasteiger partial charge in [0.25, 0.3) is 0 Å². The van der Waals surface area contributed by atoms with E-state index in [1.807, 2.05) is 11.9 Å². The number of urea groups is 1. The smallest absolute Gasteiger partial charge is 0.416 e. The van der Waals surface area contributed by atoms with Crippen LogP contribution in [-0.2, 0) is 19.1 Å². The molecule has 0 aliphatic carbocycles. The average Bonchev–Trinajstić information content (AvgIpc) is 3.29. The largest absolute Gasteiger partial charge is 0.439 e. The third-order valence-corrected chi connectivity index (χ3v) is 6.89. The number of fused-ring (bicyclic) bond motifs is 1. The normalized spacial score (nSPS) is 16.4. The maximum absolute atomic E-state index is 13.9. The predicted molar refractivity (Wildman–Crippen MR) is 138 cm³/mol. The molecule has 1 aromatic heterocycles. The minimum absolute atomic E-state index is 0.0958. The molecule has 1 saturated heterocycles. The molecule has 2 amide bonds. The molecule has 3 heterocycles. The van der Waals surface area contributed by atoms with Gasteiger partial charge < -0.3 is 15.0 Å². The average molecular weight is 547 g/mol. The number of benzene rings is 2. The van der Waals surface area contributed by atoms with Crippen molar-refractivity contribution < 1.29 is 22.7 Å². The molecule has 0 atom stereocenters. The van der Waals surface area contributed by atoms with E-state index in [1.165, 1.54) is 29.4 Å². The van der Waals surface area contributed by atoms with Gasteiger partial charge in [-0.15, -0.1) is 0 Å². The quantitative estimate of drug-likeness (QED) is 0.439. The molecular formula is C26H26ClF3N6O2. The van der Waals surface area contributed by atoms with Crippen molar-refractivity contribution in [1.82, 2.24) is 19.8 Å². The van der Waals surface area contributed by atoms with Crippen LogP contribution in [0.1, 0.15) is 16.7 Å². The van der Waals surface area contributed by atoms with Crippen LogP contribution in [0.4, 0.5) is 29.3 Å². The highest BCUT2D eigenvalue weighted by Crippen LogP contribution is 2.36. The molecule has 0 spiro atoms. The van der Waals surface area contributed by atoms with Crippen LogP contribution in [0.15, 0.2) is 48.8 Å². The highest BCUT2D eigenvalue weighted by atomic mass is 35.5. The molecule has 1 N–H and O–H groups in total. The number of aromatic nitrogens is 2. The minimum atomic E-state index is -4.53. The van der Waals surface area contributed by atoms with Crippen molar-refractivity contribution in [2.45, 2.75) is 19.1 Å². The summed E-state index contributed by atoms with van der Waals surface area (Å²) in [5.41, 5.74) is 1.10. The Balaban J connectivity index is 1.28. The van der Waals surface area contributed by atoms with Gasteiger partial charge in [0.2, 0.25) is 5.88 Å². The maximum Gasteiger partial charge on any atom is 0.416 e. The Morgan fingerprint density at radius 2 is 1.84 bits per heavy atom. The van der Waals surface area contributed by atoms with Crippen LogP contribution in [0.2, 0.25) is 5.15 Å². The van der Waals surface area contributed by atoms with E-state index in [0.717, 1.165) is 24.7 Å². The lowest BCUT2D eigenvalue weighted by Crippen LogP contribution is -2.44. The predicted octanol–water partition coefficient (Wildman–Crippen LogP) is 5.28. The molecule has 2 aliphatic heterocycles. The van der Waals surface area contributed by atoms with Crippen molar-refractivity contribution in [3.8, 4) is 11.6 Å². The molecular weight excluding hydrogens is 521 g/mol. The van der Waals surface area contributed by atoms with E-state index < -0.39 is 17.8 Å². The van der Waals surface area contributed by atoms with Gasteiger partial charge in [-0.05, 0) is 54.9 Å². The Labute approximate surface area is 223 Å². The van der Waals surface area contributed by atoms with Crippen molar-refractivity contribution in [2.24, 2.45) is 0 Å². The fraction of sp³-hybridized carbons (Fsp3) is 0.346. The third kappa shape index (κ3) is 6.01. The maximum atomic E-state index is 13.9. The summed E-state index contributed by atoms with van der Waals surface area (Å²) in [5.74, 6) is 0.806. The molecule has 3 aromatic rings. The van der Waals surface area contributed by atoms with E-state index in [9.17, 15) is 18.0 Å². The molecule has 0 bridgehead atoms. The zero-order valence-corrected chi connectivity index (χ0v) is 21.4. The van der Waals surface area contributed by atoms with Crippen LogP contribution < -0.4 is 15.0 Å². The molecule has 0 unspecified atom stereocenters. The third-order valence-electron chi connectivity index (χ3n) is 6.68. The number of likely N-dealkylation sites (N-methyl/N-ethyl adjacent to an activating group) is 1. The van der Waals surface area contributed by atoms with E-state index in [0.29, 0.717) is 37.5 Å². The van der Waals surface area contributed by atoms with Crippen LogP contribution in [0.3, 0.4) is 0 Å². The Hall–Kier alpha value is -3.41. The molecule has 1 fully saturated rings. The Bertz CT molecular complexity index is 1330. The summed E-state index contributed by atoms with van der Waals surface area (Å²) in [6, 6.07) is 10.2. The lowest BCUT2D eigenvalue weighted by atomic mass is 10.0. The summed E-state index contributed by atoms with van der Waals surface area (Å²) in [4.78, 5) is 26.5. The van der Waals surface area contributed by atoms with Crippen LogP contribution in [-0.4, -0.2) is 65.6 Å². The lowest BCUT2D eigenvalue weighted by molar-refractivity contribution is -0.138. The molecule has 0 radical (unpaired) electrons. The van der Waals surface area contributed by atoms with Crippen LogP contribution in [0, 0.1) is 0 Å². The van der Waals surface area contributed by atoms with Gasteiger partial charge in [-0.3, -0.25) is 9.80 Å². The molecule has 5 rings (SSSR count). The molecule has 12 heteroatoms. The number of amides is 2. The van der Waals surface area contributed by atoms with E-state index in [2.05, 4.69) is 20.2 Å². The Morgan fingerprint density at radius 1 is 1.05 bits per heavy atom. The first-order valence-corrected chi connectivity index (χ1v) is 12.5. The summed E-state index contributed by atoms with van der Waals surface area (Å²) in [6.45, 7) is 3.64. The topological polar surface area (TPSA) is 73.8 Å². The number of piperazine rings is 1. The number of nitrogens with zero attached hydrogens (tertiary/aromatic N) is 5. The van der Waals surface area contributed by atoms with Crippen LogP contribution in [0.5, 0.6) is 11.6 Å². The molecule has 200 valence electrons. The van der Waals surface area contributed by atoms with Crippen molar-refractivity contribution in [3.63, 3.8) is 0 Å². The number of rotatable bonds is 5. The van der Waals surface area contributed by atoms with Gasteiger partial charge in [0.15, 0.2) is 0 Å². The summed E-state index contributed by atoms with van der Waals surface area (Å²) < 4.78 is 47.5. The standard InChI is InChI=1S/C26H26ClF3N6O2/c1-34-8-10-35(11-9-34)15-18-2-3-19(13-21(18)26(28,29)30)33-25(37)36-7-6-17-12-20(4-5-22(17)36)38-24-14-23(27)31-16-32-24/h2-5,12-14,16H,6-11,15H2,1H3,(H,33,37). The molecule has 0 saturated carbocycles. The van der Waals surface area contributed by atoms with Gasteiger partial charge in [-0.2, -0.15) is 13.2 Å². The number of alkyl halides is 3. The molecule has 2 aliphatic rings. The first-order chi connectivity index (χ1) is 18.2.